The summed E-state index contributed by atoms with van der Waals surface area (Å²) >= 11 is 6.74. The number of fused-ring (bicyclic) bond motifs is 1. The molecule has 2 rings (SSSR count). The summed E-state index contributed by atoms with van der Waals surface area (Å²) in [5, 5.41) is 1.48. The minimum Gasteiger partial charge on any atom is -0.460 e. The molecule has 1 aromatic heterocycles. The molecule has 0 radical (unpaired) electrons. The Morgan fingerprint density at radius 1 is 1.47 bits per heavy atom. The third-order valence-corrected chi connectivity index (χ3v) is 3.40. The third-order valence-electron chi connectivity index (χ3n) is 2.35. The van der Waals surface area contributed by atoms with E-state index < -0.39 is 5.97 Å². The Morgan fingerprint density at radius 3 is 2.88 bits per heavy atom. The van der Waals surface area contributed by atoms with E-state index in [1.165, 1.54) is 0 Å². The summed E-state index contributed by atoms with van der Waals surface area (Å²) in [6.07, 6.45) is 0. The van der Waals surface area contributed by atoms with Gasteiger partial charge in [-0.1, -0.05) is 31.9 Å². The lowest BCUT2D eigenvalue weighted by atomic mass is 10.1. The monoisotopic (exact) mass is 360 g/mol. The molecule has 1 aromatic carbocycles. The zero-order valence-corrected chi connectivity index (χ0v) is 12.3. The Morgan fingerprint density at radius 2 is 2.24 bits per heavy atom. The van der Waals surface area contributed by atoms with Crippen molar-refractivity contribution < 1.29 is 13.9 Å². The van der Waals surface area contributed by atoms with Crippen LogP contribution in [0.1, 0.15) is 23.0 Å². The molecule has 0 aliphatic carbocycles. The van der Waals surface area contributed by atoms with E-state index in [1.54, 1.807) is 6.92 Å². The Labute approximate surface area is 115 Å². The molecule has 90 valence electrons. The highest BCUT2D eigenvalue weighted by Crippen LogP contribution is 2.30. The first kappa shape index (κ1) is 12.6. The second kappa shape index (κ2) is 5.23. The molecule has 0 amide bonds. The number of ether oxygens (including phenoxy) is 1. The molecule has 0 saturated carbocycles. The van der Waals surface area contributed by atoms with Gasteiger partial charge in [-0.15, -0.1) is 0 Å². The molecule has 0 N–H and O–H groups in total. The number of alkyl halides is 1. The predicted molar refractivity (Wildman–Crippen MR) is 72.5 cm³/mol. The van der Waals surface area contributed by atoms with Crippen molar-refractivity contribution in [3.63, 3.8) is 0 Å². The maximum atomic E-state index is 11.7. The summed E-state index contributed by atoms with van der Waals surface area (Å²) in [6.45, 7) is 2.10. The number of esters is 1. The molecule has 3 nitrogen and oxygen atoms in total. The zero-order chi connectivity index (χ0) is 12.4. The van der Waals surface area contributed by atoms with Gasteiger partial charge in [0.2, 0.25) is 5.76 Å². The van der Waals surface area contributed by atoms with Crippen molar-refractivity contribution in [2.75, 3.05) is 6.61 Å². The van der Waals surface area contributed by atoms with Gasteiger partial charge in [-0.25, -0.2) is 4.79 Å². The molecule has 0 saturated heterocycles. The first-order chi connectivity index (χ1) is 8.17. The lowest BCUT2D eigenvalue weighted by Crippen LogP contribution is -2.05. The number of hydrogen-bond donors (Lipinski definition) is 0. The molecule has 0 aliphatic rings. The molecule has 0 aliphatic heterocycles. The lowest BCUT2D eigenvalue weighted by molar-refractivity contribution is 0.0491. The van der Waals surface area contributed by atoms with Gasteiger partial charge < -0.3 is 9.15 Å². The minimum atomic E-state index is -0.422. The SMILES string of the molecule is CCOC(=O)c1oc2cc(Br)ccc2c1CBr. The molecule has 1 heterocycles. The Kier molecular flexibility index (Phi) is 3.89. The third kappa shape index (κ3) is 2.40. The van der Waals surface area contributed by atoms with Crippen molar-refractivity contribution in [1.82, 2.24) is 0 Å². The summed E-state index contributed by atoms with van der Waals surface area (Å²) in [5.41, 5.74) is 1.50. The van der Waals surface area contributed by atoms with E-state index >= 15 is 0 Å². The zero-order valence-electron chi connectivity index (χ0n) is 9.13. The van der Waals surface area contributed by atoms with Crippen LogP contribution in [0.3, 0.4) is 0 Å². The fourth-order valence-electron chi connectivity index (χ4n) is 1.62. The van der Waals surface area contributed by atoms with Crippen LogP contribution in [0.15, 0.2) is 27.1 Å². The van der Waals surface area contributed by atoms with Crippen LogP contribution in [-0.2, 0) is 10.1 Å². The number of carbonyl (C=O) groups excluding carboxylic acids is 1. The van der Waals surface area contributed by atoms with Gasteiger partial charge in [-0.05, 0) is 25.1 Å². The number of hydrogen-bond acceptors (Lipinski definition) is 3. The van der Waals surface area contributed by atoms with Gasteiger partial charge in [0, 0.05) is 20.8 Å². The van der Waals surface area contributed by atoms with E-state index in [0.717, 1.165) is 15.4 Å². The van der Waals surface area contributed by atoms with Crippen molar-refractivity contribution in [1.29, 1.82) is 0 Å². The van der Waals surface area contributed by atoms with Crippen LogP contribution in [0.5, 0.6) is 0 Å². The van der Waals surface area contributed by atoms with Crippen molar-refractivity contribution in [2.45, 2.75) is 12.3 Å². The van der Waals surface area contributed by atoms with Crippen LogP contribution in [-0.4, -0.2) is 12.6 Å². The smallest absolute Gasteiger partial charge is 0.374 e. The molecule has 0 atom stereocenters. The summed E-state index contributed by atoms with van der Waals surface area (Å²) in [6, 6.07) is 5.67. The average molecular weight is 362 g/mol. The number of rotatable bonds is 3. The molecule has 2 aromatic rings. The van der Waals surface area contributed by atoms with E-state index in [0.29, 0.717) is 17.5 Å². The van der Waals surface area contributed by atoms with Crippen LogP contribution >= 0.6 is 31.9 Å². The van der Waals surface area contributed by atoms with Gasteiger partial charge in [-0.2, -0.15) is 0 Å². The van der Waals surface area contributed by atoms with E-state index in [9.17, 15) is 4.79 Å². The average Bonchev–Trinajstić information content (AvgIpc) is 2.66. The second-order valence-corrected chi connectivity index (χ2v) is 4.88. The maximum absolute atomic E-state index is 11.7. The molecule has 5 heteroatoms. The first-order valence-corrected chi connectivity index (χ1v) is 7.02. The Balaban J connectivity index is 2.59. The molecule has 17 heavy (non-hydrogen) atoms. The van der Waals surface area contributed by atoms with E-state index in [2.05, 4.69) is 31.9 Å². The van der Waals surface area contributed by atoms with Crippen LogP contribution in [0.4, 0.5) is 0 Å². The largest absolute Gasteiger partial charge is 0.460 e. The molecule has 0 bridgehead atoms. The highest BCUT2D eigenvalue weighted by molar-refractivity contribution is 9.10. The van der Waals surface area contributed by atoms with Gasteiger partial charge in [0.25, 0.3) is 0 Å². The number of benzene rings is 1. The Bertz CT molecular complexity index is 560. The van der Waals surface area contributed by atoms with Gasteiger partial charge in [0.15, 0.2) is 0 Å². The van der Waals surface area contributed by atoms with E-state index in [-0.39, 0.29) is 5.76 Å². The highest BCUT2D eigenvalue weighted by Gasteiger charge is 2.20. The predicted octanol–water partition coefficient (Wildman–Crippen LogP) is 4.27. The fourth-order valence-corrected chi connectivity index (χ4v) is 2.51. The van der Waals surface area contributed by atoms with Gasteiger partial charge >= 0.3 is 5.97 Å². The maximum Gasteiger partial charge on any atom is 0.374 e. The summed E-state index contributed by atoms with van der Waals surface area (Å²) in [7, 11) is 0. The summed E-state index contributed by atoms with van der Waals surface area (Å²) < 4.78 is 11.4. The normalized spacial score (nSPS) is 10.8. The standard InChI is InChI=1S/C12H10Br2O3/c1-2-16-12(15)11-9(6-13)8-4-3-7(14)5-10(8)17-11/h3-5H,2,6H2,1H3. The van der Waals surface area contributed by atoms with Crippen molar-refractivity contribution in [2.24, 2.45) is 0 Å². The van der Waals surface area contributed by atoms with Crippen LogP contribution in [0.25, 0.3) is 11.0 Å². The van der Waals surface area contributed by atoms with Gasteiger partial charge in [0.1, 0.15) is 5.58 Å². The molecule has 0 spiro atoms. The minimum absolute atomic E-state index is 0.275. The highest BCUT2D eigenvalue weighted by atomic mass is 79.9. The molecular weight excluding hydrogens is 352 g/mol. The fraction of sp³-hybridized carbons (Fsp3) is 0.250. The topological polar surface area (TPSA) is 39.4 Å². The number of carbonyl (C=O) groups is 1. The van der Waals surface area contributed by atoms with Crippen LogP contribution < -0.4 is 0 Å². The number of furan rings is 1. The van der Waals surface area contributed by atoms with Crippen molar-refractivity contribution in [3.8, 4) is 0 Å². The number of halogens is 2. The summed E-state index contributed by atoms with van der Waals surface area (Å²) in [5.74, 6) is -0.147. The molecule has 0 unspecified atom stereocenters. The van der Waals surface area contributed by atoms with Crippen LogP contribution in [0, 0.1) is 0 Å². The van der Waals surface area contributed by atoms with E-state index in [1.807, 2.05) is 18.2 Å². The lowest BCUT2D eigenvalue weighted by Gasteiger charge is -1.99. The van der Waals surface area contributed by atoms with Crippen molar-refractivity contribution in [3.05, 3.63) is 34.0 Å². The van der Waals surface area contributed by atoms with E-state index in [4.69, 9.17) is 9.15 Å². The summed E-state index contributed by atoms with van der Waals surface area (Å²) in [4.78, 5) is 11.7. The van der Waals surface area contributed by atoms with Gasteiger partial charge in [0.05, 0.1) is 6.61 Å². The second-order valence-electron chi connectivity index (χ2n) is 3.40. The van der Waals surface area contributed by atoms with Gasteiger partial charge in [-0.3, -0.25) is 0 Å². The Hall–Kier alpha value is -0.810. The molecule has 0 fully saturated rings. The quantitative estimate of drug-likeness (QED) is 0.605. The van der Waals surface area contributed by atoms with Crippen molar-refractivity contribution >= 4 is 48.8 Å². The first-order valence-electron chi connectivity index (χ1n) is 5.11. The van der Waals surface area contributed by atoms with Crippen LogP contribution in [0.2, 0.25) is 0 Å². The molecular formula is C12H10Br2O3.